The van der Waals surface area contributed by atoms with Gasteiger partial charge in [-0.1, -0.05) is 30.3 Å². The molecule has 1 saturated heterocycles. The summed E-state index contributed by atoms with van der Waals surface area (Å²) in [6.45, 7) is 3.18. The smallest absolute Gasteiger partial charge is 0.355 e. The molecule has 7 nitrogen and oxygen atoms in total. The highest BCUT2D eigenvalue weighted by Gasteiger charge is 2.50. The van der Waals surface area contributed by atoms with Gasteiger partial charge in [-0.15, -0.1) is 0 Å². The van der Waals surface area contributed by atoms with Crippen LogP contribution in [-0.2, 0) is 16.6 Å². The van der Waals surface area contributed by atoms with Gasteiger partial charge in [-0.05, 0) is 32.4 Å². The first kappa shape index (κ1) is 24.4. The van der Waals surface area contributed by atoms with Crippen LogP contribution in [0, 0.1) is 0 Å². The molecule has 1 aliphatic heterocycles. The summed E-state index contributed by atoms with van der Waals surface area (Å²) in [5.41, 5.74) is -4.04. The van der Waals surface area contributed by atoms with E-state index in [9.17, 15) is 21.6 Å². The highest BCUT2D eigenvalue weighted by molar-refractivity contribution is 7.90. The predicted molar refractivity (Wildman–Crippen MR) is 111 cm³/mol. The second-order valence-electron chi connectivity index (χ2n) is 7.47. The molecule has 1 aromatic rings. The van der Waals surface area contributed by atoms with Crippen LogP contribution in [0.4, 0.5) is 13.2 Å². The van der Waals surface area contributed by atoms with Gasteiger partial charge in [0.2, 0.25) is 0 Å². The number of benzene rings is 1. The maximum absolute atomic E-state index is 12.7. The Bertz CT molecular complexity index is 794. The van der Waals surface area contributed by atoms with Crippen LogP contribution >= 0.6 is 0 Å². The monoisotopic (exact) mass is 449 g/mol. The van der Waals surface area contributed by atoms with Crippen molar-refractivity contribution in [2.75, 3.05) is 33.7 Å². The molecule has 1 fully saturated rings. The number of hydrogen-bond acceptors (Lipinski definition) is 4. The van der Waals surface area contributed by atoms with Gasteiger partial charge in [0.15, 0.2) is 5.96 Å². The Balaban J connectivity index is 1.79. The van der Waals surface area contributed by atoms with Crippen molar-refractivity contribution in [2.24, 2.45) is 4.99 Å². The van der Waals surface area contributed by atoms with Gasteiger partial charge in [0.05, 0.1) is 0 Å². The van der Waals surface area contributed by atoms with Gasteiger partial charge in [0.1, 0.15) is 0 Å². The van der Waals surface area contributed by atoms with Gasteiger partial charge in [-0.3, -0.25) is 9.89 Å². The standard InChI is InChI=1S/C19H30F3N5O2S/c1-15(26(3)14-16-7-5-4-6-8-16)13-24-18(23-2)25-17-9-11-27(12-10-17)30(28,29)19(20,21)22/h4-8,15,17H,9-14H2,1-3H3,(H2,23,24,25). The zero-order valence-corrected chi connectivity index (χ0v) is 18.3. The van der Waals surface area contributed by atoms with Crippen molar-refractivity contribution in [3.8, 4) is 0 Å². The molecule has 170 valence electrons. The molecule has 2 rings (SSSR count). The van der Waals surface area contributed by atoms with Crippen LogP contribution in [-0.4, -0.2) is 74.9 Å². The van der Waals surface area contributed by atoms with E-state index >= 15 is 0 Å². The van der Waals surface area contributed by atoms with Crippen molar-refractivity contribution in [2.45, 2.75) is 43.9 Å². The number of hydrogen-bond donors (Lipinski definition) is 2. The van der Waals surface area contributed by atoms with Crippen molar-refractivity contribution in [3.05, 3.63) is 35.9 Å². The molecule has 0 saturated carbocycles. The van der Waals surface area contributed by atoms with Crippen molar-refractivity contribution < 1.29 is 21.6 Å². The highest BCUT2D eigenvalue weighted by atomic mass is 32.2. The summed E-state index contributed by atoms with van der Waals surface area (Å²) in [5.74, 6) is 0.548. The van der Waals surface area contributed by atoms with Crippen LogP contribution in [0.25, 0.3) is 0 Å². The Morgan fingerprint density at radius 3 is 2.40 bits per heavy atom. The average molecular weight is 450 g/mol. The van der Waals surface area contributed by atoms with E-state index in [2.05, 4.69) is 39.6 Å². The summed E-state index contributed by atoms with van der Waals surface area (Å²) in [6.07, 6.45) is 0.555. The number of halogens is 3. The SMILES string of the molecule is CN=C(NCC(C)N(C)Cc1ccccc1)NC1CCN(S(=O)(=O)C(F)(F)F)CC1. The maximum Gasteiger partial charge on any atom is 0.511 e. The van der Waals surface area contributed by atoms with E-state index in [-0.39, 0.29) is 38.0 Å². The Kier molecular flexibility index (Phi) is 8.51. The fourth-order valence-electron chi connectivity index (χ4n) is 3.20. The van der Waals surface area contributed by atoms with Crippen LogP contribution in [0.1, 0.15) is 25.3 Å². The highest BCUT2D eigenvalue weighted by Crippen LogP contribution is 2.28. The number of sulfonamides is 1. The van der Waals surface area contributed by atoms with Crippen LogP contribution in [0.2, 0.25) is 0 Å². The van der Waals surface area contributed by atoms with E-state index in [1.54, 1.807) is 7.05 Å². The van der Waals surface area contributed by atoms with Gasteiger partial charge >= 0.3 is 15.5 Å². The molecule has 1 aliphatic rings. The summed E-state index contributed by atoms with van der Waals surface area (Å²) in [4.78, 5) is 6.37. The van der Waals surface area contributed by atoms with Gasteiger partial charge in [0, 0.05) is 45.3 Å². The summed E-state index contributed by atoms with van der Waals surface area (Å²) >= 11 is 0. The fraction of sp³-hybridized carbons (Fsp3) is 0.632. The van der Waals surface area contributed by atoms with Gasteiger partial charge < -0.3 is 10.6 Å². The van der Waals surface area contributed by atoms with Crippen molar-refractivity contribution in [1.82, 2.24) is 19.8 Å². The number of alkyl halides is 3. The number of rotatable bonds is 7. The summed E-state index contributed by atoms with van der Waals surface area (Å²) in [5, 5.41) is 6.41. The van der Waals surface area contributed by atoms with Crippen LogP contribution in [0.15, 0.2) is 35.3 Å². The lowest BCUT2D eigenvalue weighted by Gasteiger charge is -2.33. The first-order chi connectivity index (χ1) is 14.0. The second kappa shape index (κ2) is 10.5. The van der Waals surface area contributed by atoms with E-state index in [0.717, 1.165) is 6.54 Å². The van der Waals surface area contributed by atoms with Gasteiger partial charge in [0.25, 0.3) is 0 Å². The Morgan fingerprint density at radius 1 is 1.27 bits per heavy atom. The molecule has 0 aromatic heterocycles. The zero-order valence-electron chi connectivity index (χ0n) is 17.5. The summed E-state index contributed by atoms with van der Waals surface area (Å²) in [7, 11) is -1.60. The largest absolute Gasteiger partial charge is 0.511 e. The molecule has 0 bridgehead atoms. The number of aliphatic imine (C=N–C) groups is 1. The molecule has 0 amide bonds. The topological polar surface area (TPSA) is 77.0 Å². The summed E-state index contributed by atoms with van der Waals surface area (Å²) < 4.78 is 61.6. The third-order valence-corrected chi connectivity index (χ3v) is 6.87. The number of guanidine groups is 1. The average Bonchev–Trinajstić information content (AvgIpc) is 2.71. The van der Waals surface area contributed by atoms with E-state index < -0.39 is 15.5 Å². The molecule has 0 spiro atoms. The third-order valence-electron chi connectivity index (χ3n) is 5.24. The number of likely N-dealkylation sites (N-methyl/N-ethyl adjacent to an activating group) is 1. The molecular weight excluding hydrogens is 419 g/mol. The number of nitrogens with one attached hydrogen (secondary N) is 2. The van der Waals surface area contributed by atoms with Crippen LogP contribution in [0.5, 0.6) is 0 Å². The quantitative estimate of drug-likeness (QED) is 0.492. The minimum absolute atomic E-state index is 0.145. The van der Waals surface area contributed by atoms with Crippen molar-refractivity contribution in [1.29, 1.82) is 0 Å². The second-order valence-corrected chi connectivity index (χ2v) is 9.40. The van der Waals surface area contributed by atoms with E-state index in [0.29, 0.717) is 16.8 Å². The molecule has 0 radical (unpaired) electrons. The van der Waals surface area contributed by atoms with Gasteiger partial charge in [-0.25, -0.2) is 8.42 Å². The van der Waals surface area contributed by atoms with Crippen molar-refractivity contribution in [3.63, 3.8) is 0 Å². The molecule has 30 heavy (non-hydrogen) atoms. The van der Waals surface area contributed by atoms with Crippen LogP contribution < -0.4 is 10.6 Å². The van der Waals surface area contributed by atoms with Gasteiger partial charge in [-0.2, -0.15) is 17.5 Å². The molecule has 11 heteroatoms. The summed E-state index contributed by atoms with van der Waals surface area (Å²) in [6, 6.07) is 10.2. The zero-order chi connectivity index (χ0) is 22.4. The lowest BCUT2D eigenvalue weighted by molar-refractivity contribution is -0.0494. The maximum atomic E-state index is 12.7. The first-order valence-electron chi connectivity index (χ1n) is 9.82. The molecule has 1 heterocycles. The lowest BCUT2D eigenvalue weighted by Crippen LogP contribution is -2.52. The Hall–Kier alpha value is -1.85. The normalized spacial score (nSPS) is 18.4. The predicted octanol–water partition coefficient (Wildman–Crippen LogP) is 1.99. The van der Waals surface area contributed by atoms with E-state index in [1.807, 2.05) is 25.2 Å². The van der Waals surface area contributed by atoms with E-state index in [4.69, 9.17) is 0 Å². The van der Waals surface area contributed by atoms with Crippen molar-refractivity contribution >= 4 is 16.0 Å². The molecule has 1 aromatic carbocycles. The minimum Gasteiger partial charge on any atom is -0.355 e. The molecule has 2 N–H and O–H groups in total. The molecule has 1 unspecified atom stereocenters. The Labute approximate surface area is 176 Å². The number of nitrogens with zero attached hydrogens (tertiary/aromatic N) is 3. The molecular formula is C19H30F3N5O2S. The number of piperidine rings is 1. The molecule has 1 atom stereocenters. The van der Waals surface area contributed by atoms with E-state index in [1.165, 1.54) is 5.56 Å². The fourth-order valence-corrected chi connectivity index (χ4v) is 4.19. The molecule has 0 aliphatic carbocycles. The minimum atomic E-state index is -5.26. The first-order valence-corrected chi connectivity index (χ1v) is 11.3. The third kappa shape index (κ3) is 6.58. The Morgan fingerprint density at radius 2 is 1.87 bits per heavy atom. The lowest BCUT2D eigenvalue weighted by atomic mass is 10.1. The van der Waals surface area contributed by atoms with Crippen LogP contribution in [0.3, 0.4) is 0 Å².